The van der Waals surface area contributed by atoms with Crippen molar-refractivity contribution in [1.29, 1.82) is 0 Å². The molecular weight excluding hydrogens is 432 g/mol. The number of urea groups is 1. The topological polar surface area (TPSA) is 87.5 Å². The van der Waals surface area contributed by atoms with Crippen LogP contribution in [0.15, 0.2) is 28.7 Å². The second-order valence-corrected chi connectivity index (χ2v) is 8.10. The maximum absolute atomic E-state index is 12.7. The van der Waals surface area contributed by atoms with E-state index in [0.717, 1.165) is 42.1 Å². The molecule has 3 atom stereocenters. The molecule has 6 nitrogen and oxygen atoms in total. The summed E-state index contributed by atoms with van der Waals surface area (Å²) < 4.78 is 0.980. The van der Waals surface area contributed by atoms with Crippen molar-refractivity contribution in [2.24, 2.45) is 11.7 Å². The van der Waals surface area contributed by atoms with Gasteiger partial charge in [0.1, 0.15) is 6.04 Å². The molecule has 8 heteroatoms. The molecule has 2 aliphatic rings. The van der Waals surface area contributed by atoms with Gasteiger partial charge in [0.15, 0.2) is 0 Å². The number of likely N-dealkylation sites (tertiary alicyclic amines) is 1. The van der Waals surface area contributed by atoms with E-state index in [9.17, 15) is 9.59 Å². The number of halogens is 2. The van der Waals surface area contributed by atoms with Crippen molar-refractivity contribution in [3.05, 3.63) is 34.3 Å². The van der Waals surface area contributed by atoms with Crippen LogP contribution in [0.25, 0.3) is 0 Å². The normalized spacial score (nSPS) is 24.4. The summed E-state index contributed by atoms with van der Waals surface area (Å²) in [6.07, 6.45) is 4.73. The predicted octanol–water partition coefficient (Wildman–Crippen LogP) is 2.79. The van der Waals surface area contributed by atoms with Crippen LogP contribution in [0.2, 0.25) is 0 Å². The highest BCUT2D eigenvalue weighted by atomic mass is 79.9. The molecule has 2 fully saturated rings. The van der Waals surface area contributed by atoms with Crippen LogP contribution in [-0.2, 0) is 11.3 Å². The van der Waals surface area contributed by atoms with Crippen LogP contribution in [0.5, 0.6) is 0 Å². The molecule has 1 aromatic carbocycles. The number of amides is 3. The first-order valence-electron chi connectivity index (χ1n) is 9.38. The fraction of sp³-hybridized carbons (Fsp3) is 0.579. The van der Waals surface area contributed by atoms with Gasteiger partial charge in [-0.15, -0.1) is 12.4 Å². The maximum Gasteiger partial charge on any atom is 0.318 e. The highest BCUT2D eigenvalue weighted by Crippen LogP contribution is 2.26. The number of hydrogen-bond acceptors (Lipinski definition) is 3. The Morgan fingerprint density at radius 2 is 2.04 bits per heavy atom. The molecule has 1 aliphatic heterocycles. The van der Waals surface area contributed by atoms with E-state index in [-0.39, 0.29) is 36.4 Å². The Morgan fingerprint density at radius 3 is 2.78 bits per heavy atom. The first-order chi connectivity index (χ1) is 12.6. The van der Waals surface area contributed by atoms with E-state index in [1.807, 2.05) is 24.3 Å². The Labute approximate surface area is 175 Å². The lowest BCUT2D eigenvalue weighted by atomic mass is 10.0. The van der Waals surface area contributed by atoms with Gasteiger partial charge in [-0.1, -0.05) is 34.5 Å². The highest BCUT2D eigenvalue weighted by Gasteiger charge is 2.36. The number of nitrogens with zero attached hydrogens (tertiary/aromatic N) is 1. The molecular formula is C19H28BrClN4O2. The number of rotatable bonds is 5. The van der Waals surface area contributed by atoms with Gasteiger partial charge < -0.3 is 21.3 Å². The number of carbonyl (C=O) groups is 2. The summed E-state index contributed by atoms with van der Waals surface area (Å²) in [6.45, 7) is 1.67. The summed E-state index contributed by atoms with van der Waals surface area (Å²) in [5, 5.41) is 6.07. The Kier molecular flexibility index (Phi) is 8.38. The maximum atomic E-state index is 12.7. The van der Waals surface area contributed by atoms with Crippen LogP contribution in [0.1, 0.15) is 37.7 Å². The van der Waals surface area contributed by atoms with Crippen LogP contribution in [0.4, 0.5) is 4.79 Å². The Hall–Kier alpha value is -1.31. The highest BCUT2D eigenvalue weighted by molar-refractivity contribution is 9.10. The van der Waals surface area contributed by atoms with Crippen LogP contribution in [0, 0.1) is 5.92 Å². The summed E-state index contributed by atoms with van der Waals surface area (Å²) >= 11 is 3.43. The van der Waals surface area contributed by atoms with Gasteiger partial charge in [-0.05, 0) is 55.8 Å². The molecule has 0 spiro atoms. The third kappa shape index (κ3) is 5.59. The summed E-state index contributed by atoms with van der Waals surface area (Å²) in [5.41, 5.74) is 6.82. The van der Waals surface area contributed by atoms with Gasteiger partial charge in [0.05, 0.1) is 0 Å². The van der Waals surface area contributed by atoms with Crippen LogP contribution in [-0.4, -0.2) is 42.0 Å². The molecule has 1 aromatic rings. The van der Waals surface area contributed by atoms with Crippen LogP contribution in [0.3, 0.4) is 0 Å². The van der Waals surface area contributed by atoms with Crippen molar-refractivity contribution in [2.45, 2.75) is 50.7 Å². The van der Waals surface area contributed by atoms with E-state index in [0.29, 0.717) is 25.6 Å². The minimum atomic E-state index is -0.378. The number of benzene rings is 1. The van der Waals surface area contributed by atoms with Gasteiger partial charge in [-0.25, -0.2) is 4.79 Å². The molecule has 1 heterocycles. The lowest BCUT2D eigenvalue weighted by Gasteiger charge is -2.27. The Morgan fingerprint density at radius 1 is 1.22 bits per heavy atom. The molecule has 4 N–H and O–H groups in total. The molecule has 0 aromatic heterocycles. The van der Waals surface area contributed by atoms with Gasteiger partial charge >= 0.3 is 6.03 Å². The van der Waals surface area contributed by atoms with E-state index >= 15 is 0 Å². The van der Waals surface area contributed by atoms with Gasteiger partial charge in [-0.2, -0.15) is 0 Å². The minimum Gasteiger partial charge on any atom is -0.351 e. The second kappa shape index (κ2) is 10.3. The molecule has 150 valence electrons. The lowest BCUT2D eigenvalue weighted by Crippen LogP contribution is -2.52. The number of nitrogens with two attached hydrogens (primary N) is 1. The zero-order valence-electron chi connectivity index (χ0n) is 15.3. The molecule has 0 bridgehead atoms. The summed E-state index contributed by atoms with van der Waals surface area (Å²) in [7, 11) is 0. The molecule has 27 heavy (non-hydrogen) atoms. The zero-order chi connectivity index (χ0) is 18.5. The fourth-order valence-corrected chi connectivity index (χ4v) is 4.44. The molecule has 2 unspecified atom stereocenters. The lowest BCUT2D eigenvalue weighted by molar-refractivity contribution is -0.125. The Bertz CT molecular complexity index is 660. The smallest absolute Gasteiger partial charge is 0.318 e. The molecule has 1 saturated heterocycles. The summed E-state index contributed by atoms with van der Waals surface area (Å²) in [6, 6.07) is 7.42. The van der Waals surface area contributed by atoms with Crippen molar-refractivity contribution >= 4 is 40.3 Å². The molecule has 3 rings (SSSR count). The van der Waals surface area contributed by atoms with Gasteiger partial charge in [0.2, 0.25) is 5.91 Å². The molecule has 3 amide bonds. The SMILES string of the molecule is Cl.NCC1CCCC1NC(=O)[C@@H]1CCCN1C(=O)NCc1cccc(Br)c1. The van der Waals surface area contributed by atoms with Gasteiger partial charge in [0, 0.05) is 23.6 Å². The first kappa shape index (κ1) is 22.0. The Balaban J connectivity index is 0.00000261. The van der Waals surface area contributed by atoms with Crippen molar-refractivity contribution in [2.75, 3.05) is 13.1 Å². The molecule has 1 saturated carbocycles. The third-order valence-corrected chi connectivity index (χ3v) is 5.93. The largest absolute Gasteiger partial charge is 0.351 e. The second-order valence-electron chi connectivity index (χ2n) is 7.18. The first-order valence-corrected chi connectivity index (χ1v) is 10.2. The summed E-state index contributed by atoms with van der Waals surface area (Å²) in [4.78, 5) is 27.0. The van der Waals surface area contributed by atoms with Crippen molar-refractivity contribution < 1.29 is 9.59 Å². The van der Waals surface area contributed by atoms with Crippen molar-refractivity contribution in [1.82, 2.24) is 15.5 Å². The minimum absolute atomic E-state index is 0. The van der Waals surface area contributed by atoms with Crippen molar-refractivity contribution in [3.8, 4) is 0 Å². The van der Waals surface area contributed by atoms with Crippen molar-refractivity contribution in [3.63, 3.8) is 0 Å². The van der Waals surface area contributed by atoms with E-state index in [4.69, 9.17) is 5.73 Å². The fourth-order valence-electron chi connectivity index (χ4n) is 4.00. The van der Waals surface area contributed by atoms with Crippen LogP contribution < -0.4 is 16.4 Å². The van der Waals surface area contributed by atoms with E-state index in [1.54, 1.807) is 4.90 Å². The monoisotopic (exact) mass is 458 g/mol. The predicted molar refractivity (Wildman–Crippen MR) is 112 cm³/mol. The van der Waals surface area contributed by atoms with Crippen LogP contribution >= 0.6 is 28.3 Å². The van der Waals surface area contributed by atoms with E-state index in [1.165, 1.54) is 0 Å². The zero-order valence-corrected chi connectivity index (χ0v) is 17.7. The third-order valence-electron chi connectivity index (χ3n) is 5.44. The molecule has 1 aliphatic carbocycles. The van der Waals surface area contributed by atoms with E-state index in [2.05, 4.69) is 26.6 Å². The van der Waals surface area contributed by atoms with E-state index < -0.39 is 0 Å². The van der Waals surface area contributed by atoms with Gasteiger partial charge in [0.25, 0.3) is 0 Å². The standard InChI is InChI=1S/C19H27BrN4O2.ClH/c20-15-6-1-4-13(10-15)12-22-19(26)24-9-3-8-17(24)18(25)23-16-7-2-5-14(16)11-21;/h1,4,6,10,14,16-17H,2-3,5,7-9,11-12,21H2,(H,22,26)(H,23,25);1H/t14?,16?,17-;/m0./s1. The molecule has 0 radical (unpaired) electrons. The number of nitrogens with one attached hydrogen (secondary N) is 2. The average Bonchev–Trinajstić information content (AvgIpc) is 3.28. The number of hydrogen-bond donors (Lipinski definition) is 3. The quantitative estimate of drug-likeness (QED) is 0.633. The van der Waals surface area contributed by atoms with Gasteiger partial charge in [-0.3, -0.25) is 4.79 Å². The number of carbonyl (C=O) groups excluding carboxylic acids is 2. The average molecular weight is 460 g/mol. The summed E-state index contributed by atoms with van der Waals surface area (Å²) in [5.74, 6) is 0.324.